The molecule has 170 valence electrons. The molecule has 6 nitrogen and oxygen atoms in total. The van der Waals surface area contributed by atoms with Crippen LogP contribution in [-0.2, 0) is 19.3 Å². The molecule has 0 atom stereocenters. The molecule has 0 aliphatic carbocycles. The molecule has 0 fully saturated rings. The fraction of sp³-hybridized carbons (Fsp3) is 0.167. The lowest BCUT2D eigenvalue weighted by Gasteiger charge is -2.11. The molecule has 0 saturated heterocycles. The number of fused-ring (bicyclic) bond motifs is 1. The van der Waals surface area contributed by atoms with Gasteiger partial charge in [0.15, 0.2) is 0 Å². The van der Waals surface area contributed by atoms with Crippen molar-refractivity contribution in [3.05, 3.63) is 83.9 Å². The van der Waals surface area contributed by atoms with Gasteiger partial charge in [0.2, 0.25) is 5.89 Å². The van der Waals surface area contributed by atoms with Crippen LogP contribution in [-0.4, -0.2) is 17.1 Å². The lowest BCUT2D eigenvalue weighted by Crippen LogP contribution is -2.13. The quantitative estimate of drug-likeness (QED) is 0.402. The number of halogens is 3. The van der Waals surface area contributed by atoms with Crippen molar-refractivity contribution in [3.8, 4) is 17.2 Å². The summed E-state index contributed by atoms with van der Waals surface area (Å²) in [5, 5.41) is 3.61. The smallest absolute Gasteiger partial charge is 0.433 e. The van der Waals surface area contributed by atoms with E-state index in [0.717, 1.165) is 11.6 Å². The van der Waals surface area contributed by atoms with E-state index >= 15 is 0 Å². The Morgan fingerprint density at radius 1 is 1.09 bits per heavy atom. The number of pyridine rings is 1. The van der Waals surface area contributed by atoms with Crippen molar-refractivity contribution >= 4 is 16.6 Å². The third kappa shape index (κ3) is 4.54. The molecule has 2 aromatic carbocycles. The predicted octanol–water partition coefficient (Wildman–Crippen LogP) is 5.14. The summed E-state index contributed by atoms with van der Waals surface area (Å²) in [6.45, 7) is 4.64. The highest BCUT2D eigenvalue weighted by Crippen LogP contribution is 2.37. The largest absolute Gasteiger partial charge is 0.494 e. The average molecular weight is 454 g/mol. The molecule has 0 aliphatic rings. The molecule has 3 N–H and O–H groups in total. The number of ether oxygens (including phenoxy) is 1. The molecule has 0 saturated carbocycles. The topological polar surface area (TPSA) is 86.2 Å². The van der Waals surface area contributed by atoms with Crippen LogP contribution in [0.4, 0.5) is 13.2 Å². The van der Waals surface area contributed by atoms with Crippen molar-refractivity contribution in [1.29, 1.82) is 0 Å². The normalized spacial score (nSPS) is 11.5. The zero-order chi connectivity index (χ0) is 23.6. The summed E-state index contributed by atoms with van der Waals surface area (Å²) in [5.41, 5.74) is 7.39. The number of nitrogens with one attached hydrogen (secondary N) is 1. The van der Waals surface area contributed by atoms with Gasteiger partial charge in [-0.15, -0.1) is 0 Å². The standard InChI is InChI=1S/C24H21F3N4O2/c1-14(29-13-15-6-4-3-5-7-15)21-19(12-28)33-23(31-21)17-8-10-18(32-2)22-16(17)9-11-20(30-22)24(25,26)27/h3-11,29H,1,12-13,28H2,2H3. The molecule has 4 rings (SSSR count). The van der Waals surface area contributed by atoms with Crippen molar-refractivity contribution < 1.29 is 22.3 Å². The van der Waals surface area contributed by atoms with Crippen LogP contribution in [0.5, 0.6) is 5.75 Å². The van der Waals surface area contributed by atoms with E-state index in [9.17, 15) is 13.2 Å². The Hall–Kier alpha value is -3.85. The van der Waals surface area contributed by atoms with Gasteiger partial charge < -0.3 is 20.2 Å². The number of benzene rings is 2. The molecule has 0 unspecified atom stereocenters. The Bertz CT molecular complexity index is 1300. The number of rotatable bonds is 7. The minimum Gasteiger partial charge on any atom is -0.494 e. The summed E-state index contributed by atoms with van der Waals surface area (Å²) in [6.07, 6.45) is -4.58. The van der Waals surface area contributed by atoms with E-state index in [1.54, 1.807) is 6.07 Å². The molecule has 0 amide bonds. The van der Waals surface area contributed by atoms with Gasteiger partial charge >= 0.3 is 6.18 Å². The van der Waals surface area contributed by atoms with Crippen LogP contribution in [0.15, 0.2) is 65.6 Å². The first kappa shape index (κ1) is 22.3. The summed E-state index contributed by atoms with van der Waals surface area (Å²) < 4.78 is 50.7. The maximum Gasteiger partial charge on any atom is 0.433 e. The predicted molar refractivity (Wildman–Crippen MR) is 119 cm³/mol. The van der Waals surface area contributed by atoms with Crippen LogP contribution in [0, 0.1) is 0 Å². The summed E-state index contributed by atoms with van der Waals surface area (Å²) in [7, 11) is 1.37. The Morgan fingerprint density at radius 3 is 2.52 bits per heavy atom. The van der Waals surface area contributed by atoms with E-state index in [1.165, 1.54) is 19.2 Å². The molecule has 33 heavy (non-hydrogen) atoms. The Morgan fingerprint density at radius 2 is 1.85 bits per heavy atom. The zero-order valence-electron chi connectivity index (χ0n) is 17.7. The summed E-state index contributed by atoms with van der Waals surface area (Å²) >= 11 is 0. The molecular formula is C24H21F3N4O2. The number of methoxy groups -OCH3 is 1. The van der Waals surface area contributed by atoms with Crippen molar-refractivity contribution in [1.82, 2.24) is 15.3 Å². The van der Waals surface area contributed by atoms with Crippen LogP contribution < -0.4 is 15.8 Å². The van der Waals surface area contributed by atoms with E-state index in [4.69, 9.17) is 14.9 Å². The first-order chi connectivity index (χ1) is 15.8. The lowest BCUT2D eigenvalue weighted by molar-refractivity contribution is -0.140. The summed E-state index contributed by atoms with van der Waals surface area (Å²) in [6, 6.07) is 15.2. The van der Waals surface area contributed by atoms with Crippen molar-refractivity contribution in [2.45, 2.75) is 19.3 Å². The number of hydrogen-bond donors (Lipinski definition) is 2. The fourth-order valence-corrected chi connectivity index (χ4v) is 3.43. The molecule has 0 spiro atoms. The van der Waals surface area contributed by atoms with Crippen LogP contribution in [0.3, 0.4) is 0 Å². The van der Waals surface area contributed by atoms with E-state index in [0.29, 0.717) is 34.6 Å². The highest BCUT2D eigenvalue weighted by Gasteiger charge is 2.33. The van der Waals surface area contributed by atoms with Gasteiger partial charge in [0.05, 0.1) is 19.4 Å². The second kappa shape index (κ2) is 8.95. The van der Waals surface area contributed by atoms with Crippen molar-refractivity contribution in [2.24, 2.45) is 5.73 Å². The van der Waals surface area contributed by atoms with Crippen LogP contribution in [0.2, 0.25) is 0 Å². The van der Waals surface area contributed by atoms with Gasteiger partial charge in [-0.05, 0) is 29.8 Å². The summed E-state index contributed by atoms with van der Waals surface area (Å²) in [4.78, 5) is 8.32. The number of alkyl halides is 3. The van der Waals surface area contributed by atoms with Gasteiger partial charge in [-0.1, -0.05) is 36.9 Å². The van der Waals surface area contributed by atoms with Gasteiger partial charge in [0.1, 0.15) is 28.4 Å². The maximum atomic E-state index is 13.2. The maximum absolute atomic E-state index is 13.2. The lowest BCUT2D eigenvalue weighted by atomic mass is 10.1. The zero-order valence-corrected chi connectivity index (χ0v) is 17.7. The van der Waals surface area contributed by atoms with Gasteiger partial charge in [0, 0.05) is 17.5 Å². The average Bonchev–Trinajstić information content (AvgIpc) is 3.26. The number of aromatic nitrogens is 2. The molecular weight excluding hydrogens is 433 g/mol. The van der Waals surface area contributed by atoms with Gasteiger partial charge in [-0.25, -0.2) is 9.97 Å². The minimum absolute atomic E-state index is 0.0555. The second-order valence-electron chi connectivity index (χ2n) is 7.22. The number of oxazole rings is 1. The molecule has 0 aliphatic heterocycles. The first-order valence-corrected chi connectivity index (χ1v) is 10.0. The SMILES string of the molecule is C=C(NCc1ccccc1)c1nc(-c2ccc(OC)c3nc(C(F)(F)F)ccc23)oc1CN. The first-order valence-electron chi connectivity index (χ1n) is 10.0. The number of hydrogen-bond acceptors (Lipinski definition) is 6. The summed E-state index contributed by atoms with van der Waals surface area (Å²) in [5.74, 6) is 0.807. The van der Waals surface area contributed by atoms with Gasteiger partial charge in [-0.2, -0.15) is 13.2 Å². The van der Waals surface area contributed by atoms with E-state index in [-0.39, 0.29) is 23.7 Å². The molecule has 0 radical (unpaired) electrons. The Labute approximate surface area is 187 Å². The molecule has 4 aromatic rings. The third-order valence-corrected chi connectivity index (χ3v) is 5.08. The highest BCUT2D eigenvalue weighted by molar-refractivity contribution is 5.96. The Kier molecular flexibility index (Phi) is 6.06. The number of nitrogens with two attached hydrogens (primary N) is 1. The van der Waals surface area contributed by atoms with Gasteiger partial charge in [-0.3, -0.25) is 0 Å². The van der Waals surface area contributed by atoms with Crippen LogP contribution in [0.1, 0.15) is 22.7 Å². The number of nitrogens with zero attached hydrogens (tertiary/aromatic N) is 2. The highest BCUT2D eigenvalue weighted by atomic mass is 19.4. The molecule has 2 aromatic heterocycles. The molecule has 9 heteroatoms. The monoisotopic (exact) mass is 454 g/mol. The minimum atomic E-state index is -4.58. The van der Waals surface area contributed by atoms with Crippen LogP contribution in [0.25, 0.3) is 28.1 Å². The molecule has 2 heterocycles. The van der Waals surface area contributed by atoms with E-state index < -0.39 is 11.9 Å². The van der Waals surface area contributed by atoms with Crippen molar-refractivity contribution in [3.63, 3.8) is 0 Å². The van der Waals surface area contributed by atoms with E-state index in [1.807, 2.05) is 30.3 Å². The van der Waals surface area contributed by atoms with Gasteiger partial charge in [0.25, 0.3) is 0 Å². The van der Waals surface area contributed by atoms with Crippen LogP contribution >= 0.6 is 0 Å². The van der Waals surface area contributed by atoms with Crippen molar-refractivity contribution in [2.75, 3.05) is 7.11 Å². The fourth-order valence-electron chi connectivity index (χ4n) is 3.43. The second-order valence-corrected chi connectivity index (χ2v) is 7.22. The third-order valence-electron chi connectivity index (χ3n) is 5.08. The Balaban J connectivity index is 1.72. The molecule has 0 bridgehead atoms. The van der Waals surface area contributed by atoms with E-state index in [2.05, 4.69) is 21.9 Å².